The van der Waals surface area contributed by atoms with E-state index in [1.165, 1.54) is 16.4 Å². The number of thiophene rings is 1. The summed E-state index contributed by atoms with van der Waals surface area (Å²) in [7, 11) is -1.99. The molecule has 1 aromatic rings. The zero-order valence-electron chi connectivity index (χ0n) is 11.6. The van der Waals surface area contributed by atoms with E-state index in [1.54, 1.807) is 7.05 Å². The fraction of sp³-hybridized carbons (Fsp3) is 0.615. The monoisotopic (exact) mass is 317 g/mol. The first kappa shape index (κ1) is 15.5. The van der Waals surface area contributed by atoms with Crippen LogP contribution in [0.3, 0.4) is 0 Å². The van der Waals surface area contributed by atoms with Crippen molar-refractivity contribution >= 4 is 27.3 Å². The number of carboxylic acid groups (broad SMARTS) is 1. The van der Waals surface area contributed by atoms with Gasteiger partial charge in [-0.3, -0.25) is 0 Å². The van der Waals surface area contributed by atoms with Gasteiger partial charge in [0.15, 0.2) is 0 Å². The number of hydrogen-bond donors (Lipinski definition) is 1. The Labute approximate surface area is 123 Å². The first-order chi connectivity index (χ1) is 9.32. The van der Waals surface area contributed by atoms with E-state index in [9.17, 15) is 13.2 Å². The van der Waals surface area contributed by atoms with Crippen molar-refractivity contribution < 1.29 is 18.3 Å². The molecule has 1 aliphatic carbocycles. The van der Waals surface area contributed by atoms with E-state index < -0.39 is 16.0 Å². The highest BCUT2D eigenvalue weighted by Crippen LogP contribution is 2.31. The average molecular weight is 317 g/mol. The van der Waals surface area contributed by atoms with Gasteiger partial charge in [0, 0.05) is 13.1 Å². The lowest BCUT2D eigenvalue weighted by molar-refractivity contribution is 0.0702. The predicted molar refractivity (Wildman–Crippen MR) is 77.6 cm³/mol. The fourth-order valence-electron chi connectivity index (χ4n) is 2.64. The topological polar surface area (TPSA) is 74.7 Å². The van der Waals surface area contributed by atoms with Crippen LogP contribution in [0.15, 0.2) is 16.3 Å². The lowest BCUT2D eigenvalue weighted by Gasteiger charge is -2.33. The van der Waals surface area contributed by atoms with E-state index in [4.69, 9.17) is 5.11 Å². The molecule has 1 saturated carbocycles. The Kier molecular flexibility index (Phi) is 4.51. The maximum Gasteiger partial charge on any atom is 0.345 e. The Bertz CT molecular complexity index is 593. The standard InChI is InChI=1S/C13H19NO4S2/c1-9-4-3-5-10(8-9)14(2)20(17,18)12-7-6-11(19-12)13(15)16/h6-7,9-10H,3-5,8H2,1-2H3,(H,15,16). The molecule has 2 atom stereocenters. The quantitative estimate of drug-likeness (QED) is 0.926. The molecule has 1 heterocycles. The molecule has 20 heavy (non-hydrogen) atoms. The van der Waals surface area contributed by atoms with Crippen LogP contribution in [0.5, 0.6) is 0 Å². The molecule has 1 aromatic heterocycles. The lowest BCUT2D eigenvalue weighted by Crippen LogP contribution is -2.39. The third kappa shape index (κ3) is 3.05. The Morgan fingerprint density at radius 3 is 2.65 bits per heavy atom. The van der Waals surface area contributed by atoms with E-state index in [0.717, 1.165) is 37.0 Å². The maximum absolute atomic E-state index is 12.5. The van der Waals surface area contributed by atoms with Crippen LogP contribution in [0.25, 0.3) is 0 Å². The molecule has 0 aromatic carbocycles. The molecule has 7 heteroatoms. The number of sulfonamides is 1. The van der Waals surface area contributed by atoms with Crippen LogP contribution >= 0.6 is 11.3 Å². The Morgan fingerprint density at radius 2 is 2.10 bits per heavy atom. The van der Waals surface area contributed by atoms with E-state index in [-0.39, 0.29) is 15.1 Å². The summed E-state index contributed by atoms with van der Waals surface area (Å²) in [6.07, 6.45) is 3.92. The van der Waals surface area contributed by atoms with Gasteiger partial charge in [0.25, 0.3) is 10.0 Å². The van der Waals surface area contributed by atoms with Gasteiger partial charge in [-0.25, -0.2) is 13.2 Å². The van der Waals surface area contributed by atoms with Crippen LogP contribution in [-0.4, -0.2) is 36.9 Å². The first-order valence-electron chi connectivity index (χ1n) is 6.63. The average Bonchev–Trinajstić information content (AvgIpc) is 2.88. The minimum absolute atomic E-state index is 0.0131. The van der Waals surface area contributed by atoms with Gasteiger partial charge < -0.3 is 5.11 Å². The number of rotatable bonds is 4. The third-order valence-electron chi connectivity index (χ3n) is 3.85. The van der Waals surface area contributed by atoms with E-state index >= 15 is 0 Å². The lowest BCUT2D eigenvalue weighted by atomic mass is 9.87. The summed E-state index contributed by atoms with van der Waals surface area (Å²) in [6.45, 7) is 2.14. The van der Waals surface area contributed by atoms with Crippen molar-refractivity contribution in [2.75, 3.05) is 7.05 Å². The van der Waals surface area contributed by atoms with Crippen LogP contribution in [-0.2, 0) is 10.0 Å². The summed E-state index contributed by atoms with van der Waals surface area (Å²) in [5.41, 5.74) is 0. The molecule has 0 radical (unpaired) electrons. The summed E-state index contributed by atoms with van der Waals surface area (Å²) in [5.74, 6) is -0.560. The molecular weight excluding hydrogens is 298 g/mol. The predicted octanol–water partition coefficient (Wildman–Crippen LogP) is 2.65. The molecule has 0 aliphatic heterocycles. The summed E-state index contributed by atoms with van der Waals surface area (Å²) < 4.78 is 26.6. The van der Waals surface area contributed by atoms with Gasteiger partial charge in [0.2, 0.25) is 0 Å². The van der Waals surface area contributed by atoms with Crippen molar-refractivity contribution in [1.29, 1.82) is 0 Å². The zero-order chi connectivity index (χ0) is 14.9. The SMILES string of the molecule is CC1CCCC(N(C)S(=O)(=O)c2ccc(C(=O)O)s2)C1. The molecule has 1 N–H and O–H groups in total. The second kappa shape index (κ2) is 5.83. The van der Waals surface area contributed by atoms with Gasteiger partial charge >= 0.3 is 5.97 Å². The van der Waals surface area contributed by atoms with E-state index in [1.807, 2.05) is 0 Å². The zero-order valence-corrected chi connectivity index (χ0v) is 13.2. The summed E-state index contributed by atoms with van der Waals surface area (Å²) in [6, 6.07) is 2.74. The van der Waals surface area contributed by atoms with Gasteiger partial charge in [-0.15, -0.1) is 11.3 Å². The number of hydrogen-bond acceptors (Lipinski definition) is 4. The number of aromatic carboxylic acids is 1. The molecule has 1 fully saturated rings. The maximum atomic E-state index is 12.5. The second-order valence-corrected chi connectivity index (χ2v) is 8.68. The van der Waals surface area contributed by atoms with E-state index in [0.29, 0.717) is 5.92 Å². The highest BCUT2D eigenvalue weighted by Gasteiger charge is 2.32. The molecule has 5 nitrogen and oxygen atoms in total. The molecule has 2 unspecified atom stereocenters. The summed E-state index contributed by atoms with van der Waals surface area (Å²) in [5, 5.41) is 8.89. The van der Waals surface area contributed by atoms with Crippen molar-refractivity contribution in [1.82, 2.24) is 4.31 Å². The fourth-order valence-corrected chi connectivity index (χ4v) is 5.37. The van der Waals surface area contributed by atoms with Gasteiger partial charge in [-0.1, -0.05) is 19.8 Å². The molecule has 2 rings (SSSR count). The van der Waals surface area contributed by atoms with Crippen molar-refractivity contribution in [3.05, 3.63) is 17.0 Å². The molecular formula is C13H19NO4S2. The first-order valence-corrected chi connectivity index (χ1v) is 8.89. The largest absolute Gasteiger partial charge is 0.477 e. The minimum Gasteiger partial charge on any atom is -0.477 e. The summed E-state index contributed by atoms with van der Waals surface area (Å²) in [4.78, 5) is 10.9. The van der Waals surface area contributed by atoms with Crippen molar-refractivity contribution in [3.8, 4) is 0 Å². The number of carboxylic acids is 1. The van der Waals surface area contributed by atoms with Gasteiger partial charge in [0.05, 0.1) is 0 Å². The van der Waals surface area contributed by atoms with E-state index in [2.05, 4.69) is 6.92 Å². The van der Waals surface area contributed by atoms with Gasteiger partial charge in [0.1, 0.15) is 9.09 Å². The van der Waals surface area contributed by atoms with Crippen LogP contribution < -0.4 is 0 Å². The Balaban J connectivity index is 2.22. The van der Waals surface area contributed by atoms with Crippen LogP contribution in [0.1, 0.15) is 42.3 Å². The number of carbonyl (C=O) groups is 1. The normalized spacial score (nSPS) is 23.9. The molecule has 0 bridgehead atoms. The molecule has 112 valence electrons. The van der Waals surface area contributed by atoms with Gasteiger partial charge in [-0.2, -0.15) is 4.31 Å². The highest BCUT2D eigenvalue weighted by molar-refractivity contribution is 7.91. The molecule has 0 amide bonds. The van der Waals surface area contributed by atoms with Crippen molar-refractivity contribution in [2.24, 2.45) is 5.92 Å². The molecule has 0 saturated heterocycles. The Hall–Kier alpha value is -0.920. The smallest absolute Gasteiger partial charge is 0.345 e. The molecule has 1 aliphatic rings. The molecule has 0 spiro atoms. The van der Waals surface area contributed by atoms with Crippen molar-refractivity contribution in [2.45, 2.75) is 42.9 Å². The third-order valence-corrected chi connectivity index (χ3v) is 7.30. The Morgan fingerprint density at radius 1 is 1.40 bits per heavy atom. The van der Waals surface area contributed by atoms with Crippen LogP contribution in [0.4, 0.5) is 0 Å². The second-order valence-electron chi connectivity index (χ2n) is 5.37. The highest BCUT2D eigenvalue weighted by atomic mass is 32.2. The van der Waals surface area contributed by atoms with Gasteiger partial charge in [-0.05, 0) is 30.9 Å². The summed E-state index contributed by atoms with van der Waals surface area (Å²) >= 11 is 0.812. The van der Waals surface area contributed by atoms with Crippen LogP contribution in [0, 0.1) is 5.92 Å². The van der Waals surface area contributed by atoms with Crippen LogP contribution in [0.2, 0.25) is 0 Å². The van der Waals surface area contributed by atoms with Crippen molar-refractivity contribution in [3.63, 3.8) is 0 Å². The minimum atomic E-state index is -3.59. The number of nitrogens with zero attached hydrogens (tertiary/aromatic N) is 1.